The quantitative estimate of drug-likeness (QED) is 0.902. The van der Waals surface area contributed by atoms with E-state index in [0.717, 1.165) is 6.42 Å². The first-order valence-electron chi connectivity index (χ1n) is 6.66. The molecule has 1 aromatic carbocycles. The van der Waals surface area contributed by atoms with Gasteiger partial charge in [-0.2, -0.15) is 0 Å². The van der Waals surface area contributed by atoms with Crippen LogP contribution in [0.25, 0.3) is 0 Å². The molecule has 0 aliphatic rings. The minimum atomic E-state index is -3.73. The molecule has 0 saturated carbocycles. The predicted octanol–water partition coefficient (Wildman–Crippen LogP) is 4.05. The highest BCUT2D eigenvalue weighted by Gasteiger charge is 2.18. The van der Waals surface area contributed by atoms with E-state index in [1.165, 1.54) is 24.0 Å². The Morgan fingerprint density at radius 3 is 2.48 bits per heavy atom. The number of pyridine rings is 1. The summed E-state index contributed by atoms with van der Waals surface area (Å²) < 4.78 is 27.0. The van der Waals surface area contributed by atoms with E-state index in [2.05, 4.69) is 23.6 Å². The van der Waals surface area contributed by atoms with E-state index in [1.54, 1.807) is 12.1 Å². The second kappa shape index (κ2) is 6.45. The van der Waals surface area contributed by atoms with Crippen LogP contribution in [0.15, 0.2) is 47.6 Å². The van der Waals surface area contributed by atoms with Crippen molar-refractivity contribution >= 4 is 27.3 Å². The van der Waals surface area contributed by atoms with Crippen LogP contribution in [0.5, 0.6) is 0 Å². The lowest BCUT2D eigenvalue weighted by atomic mass is 9.99. The fourth-order valence-corrected chi connectivity index (χ4v) is 3.38. The number of halogens is 1. The monoisotopic (exact) mass is 324 g/mol. The van der Waals surface area contributed by atoms with Crippen LogP contribution in [0.2, 0.25) is 5.02 Å². The largest absolute Gasteiger partial charge is 0.280 e. The van der Waals surface area contributed by atoms with Crippen LogP contribution in [0.1, 0.15) is 31.7 Å². The summed E-state index contributed by atoms with van der Waals surface area (Å²) in [7, 11) is -3.73. The van der Waals surface area contributed by atoms with Gasteiger partial charge in [0, 0.05) is 18.1 Å². The van der Waals surface area contributed by atoms with Gasteiger partial charge >= 0.3 is 0 Å². The van der Waals surface area contributed by atoms with Crippen molar-refractivity contribution in [3.63, 3.8) is 0 Å². The molecule has 6 heteroatoms. The van der Waals surface area contributed by atoms with Gasteiger partial charge in [-0.15, -0.1) is 0 Å². The van der Waals surface area contributed by atoms with E-state index in [-0.39, 0.29) is 9.92 Å². The van der Waals surface area contributed by atoms with Crippen LogP contribution in [-0.2, 0) is 10.0 Å². The Morgan fingerprint density at radius 2 is 1.90 bits per heavy atom. The molecule has 0 aliphatic carbocycles. The molecule has 4 nitrogen and oxygen atoms in total. The molecule has 0 fully saturated rings. The molecule has 0 amide bonds. The number of aromatic nitrogens is 1. The van der Waals surface area contributed by atoms with E-state index in [1.807, 2.05) is 12.1 Å². The number of hydrogen-bond donors (Lipinski definition) is 1. The standard InChI is InChI=1S/C15H17ClN2O2S/c1-3-11(2)12-4-6-13(7-5-12)18-21(19,20)15-10-17-9-8-14(15)16/h4-11,18H,3H2,1-2H3. The molecular formula is C15H17ClN2O2S. The fraction of sp³-hybridized carbons (Fsp3) is 0.267. The molecule has 1 unspecified atom stereocenters. The van der Waals surface area contributed by atoms with Crippen LogP contribution in [-0.4, -0.2) is 13.4 Å². The first-order valence-corrected chi connectivity index (χ1v) is 8.52. The Bertz CT molecular complexity index is 715. The van der Waals surface area contributed by atoms with Crippen molar-refractivity contribution in [1.29, 1.82) is 0 Å². The van der Waals surface area contributed by atoms with Gasteiger partial charge in [0.2, 0.25) is 0 Å². The number of benzene rings is 1. The van der Waals surface area contributed by atoms with Crippen molar-refractivity contribution in [2.45, 2.75) is 31.1 Å². The zero-order valence-corrected chi connectivity index (χ0v) is 13.4. The molecule has 0 bridgehead atoms. The summed E-state index contributed by atoms with van der Waals surface area (Å²) in [6, 6.07) is 8.81. The Labute approximate surface area is 130 Å². The van der Waals surface area contributed by atoms with Crippen LogP contribution >= 0.6 is 11.6 Å². The van der Waals surface area contributed by atoms with Crippen molar-refractivity contribution in [1.82, 2.24) is 4.98 Å². The summed E-state index contributed by atoms with van der Waals surface area (Å²) in [4.78, 5) is 3.77. The summed E-state index contributed by atoms with van der Waals surface area (Å²) >= 11 is 5.90. The summed E-state index contributed by atoms with van der Waals surface area (Å²) in [5.74, 6) is 0.448. The molecule has 0 spiro atoms. The molecule has 112 valence electrons. The van der Waals surface area contributed by atoms with Gasteiger partial charge in [0.25, 0.3) is 10.0 Å². The minimum absolute atomic E-state index is 0.0299. The third-order valence-electron chi connectivity index (χ3n) is 3.37. The van der Waals surface area contributed by atoms with Gasteiger partial charge in [0.15, 0.2) is 0 Å². The van der Waals surface area contributed by atoms with Gasteiger partial charge in [0.1, 0.15) is 4.90 Å². The van der Waals surface area contributed by atoms with Gasteiger partial charge < -0.3 is 0 Å². The maximum Gasteiger partial charge on any atom is 0.264 e. The van der Waals surface area contributed by atoms with Crippen LogP contribution in [0.4, 0.5) is 5.69 Å². The minimum Gasteiger partial charge on any atom is -0.280 e. The first-order chi connectivity index (χ1) is 9.94. The lowest BCUT2D eigenvalue weighted by Crippen LogP contribution is -2.13. The van der Waals surface area contributed by atoms with E-state index in [0.29, 0.717) is 11.6 Å². The molecule has 1 atom stereocenters. The second-order valence-corrected chi connectivity index (χ2v) is 6.90. The molecule has 0 aliphatic heterocycles. The highest BCUT2D eigenvalue weighted by atomic mass is 35.5. The molecule has 0 radical (unpaired) electrons. The molecule has 1 heterocycles. The van der Waals surface area contributed by atoms with Crippen molar-refractivity contribution in [2.75, 3.05) is 4.72 Å². The van der Waals surface area contributed by atoms with Gasteiger partial charge in [-0.3, -0.25) is 9.71 Å². The maximum absolute atomic E-state index is 12.3. The van der Waals surface area contributed by atoms with Crippen molar-refractivity contribution in [3.8, 4) is 0 Å². The zero-order chi connectivity index (χ0) is 15.5. The summed E-state index contributed by atoms with van der Waals surface area (Å²) in [5.41, 5.74) is 1.68. The Balaban J connectivity index is 2.23. The fourth-order valence-electron chi connectivity index (χ4n) is 1.89. The second-order valence-electron chi connectivity index (χ2n) is 4.84. The van der Waals surface area contributed by atoms with Gasteiger partial charge in [-0.1, -0.05) is 37.6 Å². The Hall–Kier alpha value is -1.59. The SMILES string of the molecule is CCC(C)c1ccc(NS(=O)(=O)c2cnccc2Cl)cc1. The number of rotatable bonds is 5. The average molecular weight is 325 g/mol. The number of anilines is 1. The van der Waals surface area contributed by atoms with Gasteiger partial charge in [-0.25, -0.2) is 8.42 Å². The van der Waals surface area contributed by atoms with Crippen molar-refractivity contribution in [3.05, 3.63) is 53.3 Å². The third kappa shape index (κ3) is 3.74. The summed E-state index contributed by atoms with van der Waals surface area (Å²) in [5, 5.41) is 0.147. The first kappa shape index (κ1) is 15.8. The number of hydrogen-bond acceptors (Lipinski definition) is 3. The van der Waals surface area contributed by atoms with Crippen molar-refractivity contribution in [2.24, 2.45) is 0 Å². The normalized spacial score (nSPS) is 12.9. The van der Waals surface area contributed by atoms with Crippen LogP contribution < -0.4 is 4.72 Å². The van der Waals surface area contributed by atoms with Gasteiger partial charge in [-0.05, 0) is 36.1 Å². The molecule has 2 rings (SSSR count). The summed E-state index contributed by atoms with van der Waals surface area (Å²) in [6.07, 6.45) is 3.72. The van der Waals surface area contributed by atoms with Gasteiger partial charge in [0.05, 0.1) is 5.02 Å². The van der Waals surface area contributed by atoms with Crippen LogP contribution in [0.3, 0.4) is 0 Å². The molecular weight excluding hydrogens is 308 g/mol. The molecule has 21 heavy (non-hydrogen) atoms. The Kier molecular flexibility index (Phi) is 4.85. The lowest BCUT2D eigenvalue weighted by Gasteiger charge is -2.12. The topological polar surface area (TPSA) is 59.1 Å². The number of sulfonamides is 1. The highest BCUT2D eigenvalue weighted by molar-refractivity contribution is 7.92. The third-order valence-corrected chi connectivity index (χ3v) is 5.22. The van der Waals surface area contributed by atoms with E-state index in [4.69, 9.17) is 11.6 Å². The van der Waals surface area contributed by atoms with E-state index in [9.17, 15) is 8.42 Å². The summed E-state index contributed by atoms with van der Waals surface area (Å²) in [6.45, 7) is 4.25. The predicted molar refractivity (Wildman–Crippen MR) is 85.2 cm³/mol. The highest BCUT2D eigenvalue weighted by Crippen LogP contribution is 2.24. The van der Waals surface area contributed by atoms with E-state index < -0.39 is 10.0 Å². The lowest BCUT2D eigenvalue weighted by molar-refractivity contribution is 0.601. The van der Waals surface area contributed by atoms with Crippen LogP contribution in [0, 0.1) is 0 Å². The van der Waals surface area contributed by atoms with E-state index >= 15 is 0 Å². The smallest absolute Gasteiger partial charge is 0.264 e. The molecule has 2 aromatic rings. The number of nitrogens with zero attached hydrogens (tertiary/aromatic N) is 1. The number of nitrogens with one attached hydrogen (secondary N) is 1. The average Bonchev–Trinajstić information content (AvgIpc) is 2.47. The van der Waals surface area contributed by atoms with Crippen molar-refractivity contribution < 1.29 is 8.42 Å². The zero-order valence-electron chi connectivity index (χ0n) is 11.9. The molecule has 1 aromatic heterocycles. The molecule has 0 saturated heterocycles. The Morgan fingerprint density at radius 1 is 1.24 bits per heavy atom. The molecule has 1 N–H and O–H groups in total. The maximum atomic E-state index is 12.3.